The number of hydrogen-bond acceptors (Lipinski definition) is 2. The van der Waals surface area contributed by atoms with Crippen LogP contribution in [0.1, 0.15) is 19.4 Å². The molecule has 0 aliphatic rings. The van der Waals surface area contributed by atoms with Crippen molar-refractivity contribution in [2.45, 2.75) is 24.9 Å². The van der Waals surface area contributed by atoms with E-state index in [9.17, 15) is 0 Å². The normalized spacial score (nSPS) is 11.5. The molecule has 0 atom stereocenters. The Kier molecular flexibility index (Phi) is 3.60. The van der Waals surface area contributed by atoms with E-state index in [0.717, 1.165) is 10.8 Å². The zero-order chi connectivity index (χ0) is 10.8. The van der Waals surface area contributed by atoms with Crippen LogP contribution >= 0.6 is 34.7 Å². The number of hydrogen-bond donors (Lipinski definition) is 0. The van der Waals surface area contributed by atoms with Crippen LogP contribution in [0.5, 0.6) is 0 Å². The summed E-state index contributed by atoms with van der Waals surface area (Å²) in [6.45, 7) is 4.46. The van der Waals surface area contributed by atoms with Gasteiger partial charge >= 0.3 is 0 Å². The van der Waals surface area contributed by atoms with Crippen molar-refractivity contribution in [3.63, 3.8) is 0 Å². The minimum Gasteiger partial charge on any atom is -0.154 e. The number of fused-ring (bicyclic) bond motifs is 1. The molecule has 0 spiro atoms. The smallest absolute Gasteiger partial charge is 0.0413 e. The molecule has 0 bridgehead atoms. The number of benzene rings is 1. The van der Waals surface area contributed by atoms with Crippen LogP contribution < -0.4 is 0 Å². The van der Waals surface area contributed by atoms with Gasteiger partial charge < -0.3 is 0 Å². The van der Waals surface area contributed by atoms with Crippen molar-refractivity contribution >= 4 is 44.8 Å². The Balaban J connectivity index is 2.31. The molecule has 0 saturated heterocycles. The van der Waals surface area contributed by atoms with Crippen LogP contribution in [-0.2, 0) is 5.75 Å². The SMILES string of the molecule is CC(C)SCc1csc2ccc(Cl)cc12. The van der Waals surface area contributed by atoms with Gasteiger partial charge in [-0.15, -0.1) is 11.3 Å². The van der Waals surface area contributed by atoms with E-state index in [1.54, 1.807) is 11.3 Å². The molecule has 0 radical (unpaired) electrons. The molecule has 80 valence electrons. The van der Waals surface area contributed by atoms with Crippen LogP contribution in [-0.4, -0.2) is 5.25 Å². The third-order valence-corrected chi connectivity index (χ3v) is 4.58. The Hall–Kier alpha value is -0.180. The van der Waals surface area contributed by atoms with Crippen molar-refractivity contribution in [3.05, 3.63) is 34.2 Å². The van der Waals surface area contributed by atoms with Crippen LogP contribution in [0.25, 0.3) is 10.1 Å². The highest BCUT2D eigenvalue weighted by atomic mass is 35.5. The highest BCUT2D eigenvalue weighted by Gasteiger charge is 2.05. The van der Waals surface area contributed by atoms with Gasteiger partial charge in [0.05, 0.1) is 0 Å². The van der Waals surface area contributed by atoms with Gasteiger partial charge in [0, 0.05) is 15.5 Å². The first-order valence-electron chi connectivity index (χ1n) is 4.94. The van der Waals surface area contributed by atoms with Crippen molar-refractivity contribution < 1.29 is 0 Å². The first-order valence-corrected chi connectivity index (χ1v) is 7.24. The minimum absolute atomic E-state index is 0.680. The molecule has 0 amide bonds. The quantitative estimate of drug-likeness (QED) is 0.728. The molecule has 2 rings (SSSR count). The van der Waals surface area contributed by atoms with E-state index in [2.05, 4.69) is 31.4 Å². The molecule has 0 aliphatic heterocycles. The monoisotopic (exact) mass is 256 g/mol. The summed E-state index contributed by atoms with van der Waals surface area (Å²) in [6.07, 6.45) is 0. The Morgan fingerprint density at radius 3 is 2.93 bits per heavy atom. The largest absolute Gasteiger partial charge is 0.154 e. The van der Waals surface area contributed by atoms with E-state index in [1.807, 2.05) is 17.8 Å². The molecule has 0 aliphatic carbocycles. The second kappa shape index (κ2) is 4.77. The lowest BCUT2D eigenvalue weighted by Crippen LogP contribution is -1.87. The molecule has 0 fully saturated rings. The Labute approximate surface area is 104 Å². The summed E-state index contributed by atoms with van der Waals surface area (Å²) in [5.74, 6) is 1.08. The number of thioether (sulfide) groups is 1. The molecule has 1 aromatic carbocycles. The molecule has 2 aromatic rings. The Bertz CT molecular complexity index is 460. The van der Waals surface area contributed by atoms with Crippen LogP contribution in [0.3, 0.4) is 0 Å². The standard InChI is InChI=1S/C12H13ClS2/c1-8(2)14-6-9-7-15-12-4-3-10(13)5-11(9)12/h3-5,7-8H,6H2,1-2H3. The van der Waals surface area contributed by atoms with Crippen molar-refractivity contribution in [2.24, 2.45) is 0 Å². The highest BCUT2D eigenvalue weighted by Crippen LogP contribution is 2.31. The first-order chi connectivity index (χ1) is 7.16. The van der Waals surface area contributed by atoms with Crippen molar-refractivity contribution in [3.8, 4) is 0 Å². The molecular weight excluding hydrogens is 244 g/mol. The van der Waals surface area contributed by atoms with Crippen molar-refractivity contribution in [2.75, 3.05) is 0 Å². The summed E-state index contributed by atoms with van der Waals surface area (Å²) in [6, 6.07) is 6.13. The number of halogens is 1. The van der Waals surface area contributed by atoms with Crippen LogP contribution in [0.15, 0.2) is 23.6 Å². The summed E-state index contributed by atoms with van der Waals surface area (Å²) in [7, 11) is 0. The maximum atomic E-state index is 6.01. The van der Waals surface area contributed by atoms with Gasteiger partial charge in [-0.3, -0.25) is 0 Å². The van der Waals surface area contributed by atoms with E-state index in [-0.39, 0.29) is 0 Å². The lowest BCUT2D eigenvalue weighted by Gasteiger charge is -2.03. The van der Waals surface area contributed by atoms with E-state index in [0.29, 0.717) is 5.25 Å². The van der Waals surface area contributed by atoms with Gasteiger partial charge in [0.15, 0.2) is 0 Å². The summed E-state index contributed by atoms with van der Waals surface area (Å²) >= 11 is 9.78. The summed E-state index contributed by atoms with van der Waals surface area (Å²) in [5.41, 5.74) is 1.41. The van der Waals surface area contributed by atoms with Crippen LogP contribution in [0.2, 0.25) is 5.02 Å². The van der Waals surface area contributed by atoms with Crippen molar-refractivity contribution in [1.29, 1.82) is 0 Å². The minimum atomic E-state index is 0.680. The fourth-order valence-corrected chi connectivity index (χ4v) is 3.39. The van der Waals surface area contributed by atoms with Crippen LogP contribution in [0, 0.1) is 0 Å². The second-order valence-electron chi connectivity index (χ2n) is 3.76. The maximum absolute atomic E-state index is 6.01. The fourth-order valence-electron chi connectivity index (χ4n) is 1.42. The van der Waals surface area contributed by atoms with Gasteiger partial charge in [0.25, 0.3) is 0 Å². The Morgan fingerprint density at radius 2 is 2.20 bits per heavy atom. The van der Waals surface area contributed by atoms with E-state index in [4.69, 9.17) is 11.6 Å². The maximum Gasteiger partial charge on any atom is 0.0413 e. The van der Waals surface area contributed by atoms with E-state index >= 15 is 0 Å². The first kappa shape index (κ1) is 11.3. The second-order valence-corrected chi connectivity index (χ2v) is 6.67. The van der Waals surface area contributed by atoms with Gasteiger partial charge in [-0.1, -0.05) is 25.4 Å². The molecule has 3 heteroatoms. The molecular formula is C12H13ClS2. The average molecular weight is 257 g/mol. The summed E-state index contributed by atoms with van der Waals surface area (Å²) in [5, 5.41) is 5.08. The zero-order valence-electron chi connectivity index (χ0n) is 8.79. The predicted octanol–water partition coefficient (Wildman–Crippen LogP) is 5.20. The zero-order valence-corrected chi connectivity index (χ0v) is 11.2. The molecule has 0 unspecified atom stereocenters. The lowest BCUT2D eigenvalue weighted by molar-refractivity contribution is 1.11. The summed E-state index contributed by atoms with van der Waals surface area (Å²) in [4.78, 5) is 0. The van der Waals surface area contributed by atoms with Crippen LogP contribution in [0.4, 0.5) is 0 Å². The predicted molar refractivity (Wildman–Crippen MR) is 73.3 cm³/mol. The number of thiophene rings is 1. The molecule has 1 aromatic heterocycles. The molecule has 1 heterocycles. The van der Waals surface area contributed by atoms with Gasteiger partial charge in [-0.05, 0) is 39.8 Å². The highest BCUT2D eigenvalue weighted by molar-refractivity contribution is 7.99. The lowest BCUT2D eigenvalue weighted by atomic mass is 10.2. The van der Waals surface area contributed by atoms with Gasteiger partial charge in [-0.2, -0.15) is 11.8 Å². The Morgan fingerprint density at radius 1 is 1.40 bits per heavy atom. The molecule has 0 nitrogen and oxygen atoms in total. The van der Waals surface area contributed by atoms with Gasteiger partial charge in [-0.25, -0.2) is 0 Å². The third-order valence-electron chi connectivity index (χ3n) is 2.19. The van der Waals surface area contributed by atoms with Crippen molar-refractivity contribution in [1.82, 2.24) is 0 Å². The topological polar surface area (TPSA) is 0 Å². The van der Waals surface area contributed by atoms with E-state index in [1.165, 1.54) is 15.6 Å². The van der Waals surface area contributed by atoms with Gasteiger partial charge in [0.1, 0.15) is 0 Å². The summed E-state index contributed by atoms with van der Waals surface area (Å²) < 4.78 is 1.33. The third kappa shape index (κ3) is 2.68. The van der Waals surface area contributed by atoms with E-state index < -0.39 is 0 Å². The average Bonchev–Trinajstić information content (AvgIpc) is 2.57. The molecule has 0 saturated carbocycles. The molecule has 15 heavy (non-hydrogen) atoms. The fraction of sp³-hybridized carbons (Fsp3) is 0.333. The van der Waals surface area contributed by atoms with Gasteiger partial charge in [0.2, 0.25) is 0 Å². The number of rotatable bonds is 3. The molecule has 0 N–H and O–H groups in total.